The van der Waals surface area contributed by atoms with E-state index in [1.807, 2.05) is 0 Å². The number of aromatic nitrogens is 1. The van der Waals surface area contributed by atoms with Gasteiger partial charge in [0.1, 0.15) is 5.69 Å². The summed E-state index contributed by atoms with van der Waals surface area (Å²) >= 11 is 1.31. The first-order valence-corrected chi connectivity index (χ1v) is 7.76. The Morgan fingerprint density at radius 2 is 2.04 bits per heavy atom. The lowest BCUT2D eigenvalue weighted by atomic mass is 10.1. The van der Waals surface area contributed by atoms with Gasteiger partial charge in [0, 0.05) is 25.4 Å². The molecule has 0 aliphatic carbocycles. The second-order valence-electron chi connectivity index (χ2n) is 4.98. The number of nitrogens with zero attached hydrogens (tertiary/aromatic N) is 2. The molecule has 0 radical (unpaired) electrons. The third-order valence-corrected chi connectivity index (χ3v) is 4.11. The van der Waals surface area contributed by atoms with Gasteiger partial charge in [-0.25, -0.2) is 4.98 Å². The van der Waals surface area contributed by atoms with Crippen LogP contribution < -0.4 is 5.73 Å². The number of carbonyl (C=O) groups is 1. The summed E-state index contributed by atoms with van der Waals surface area (Å²) in [6.07, 6.45) is -3.88. The summed E-state index contributed by atoms with van der Waals surface area (Å²) in [7, 11) is 1.46. The number of halogens is 3. The number of rotatable bonds is 5. The minimum absolute atomic E-state index is 0.0493. The lowest BCUT2D eigenvalue weighted by Crippen LogP contribution is -2.27. The smallest absolute Gasteiger partial charge is 0.336 e. The molecule has 0 aliphatic heterocycles. The van der Waals surface area contributed by atoms with Crippen molar-refractivity contribution in [3.63, 3.8) is 0 Å². The van der Waals surface area contributed by atoms with Crippen LogP contribution >= 0.6 is 11.3 Å². The lowest BCUT2D eigenvalue weighted by molar-refractivity contribution is -0.138. The van der Waals surface area contributed by atoms with Gasteiger partial charge in [0.2, 0.25) is 0 Å². The average Bonchev–Trinajstić information content (AvgIpc) is 2.95. The zero-order valence-electron chi connectivity index (χ0n) is 12.4. The van der Waals surface area contributed by atoms with Crippen LogP contribution in [0.25, 0.3) is 0 Å². The van der Waals surface area contributed by atoms with E-state index >= 15 is 0 Å². The predicted molar refractivity (Wildman–Crippen MR) is 82.1 cm³/mol. The molecule has 2 rings (SSSR count). The number of benzene rings is 1. The van der Waals surface area contributed by atoms with Gasteiger partial charge in [0.05, 0.1) is 10.6 Å². The van der Waals surface area contributed by atoms with Crippen molar-refractivity contribution in [3.8, 4) is 0 Å². The fraction of sp³-hybridized carbons (Fsp3) is 0.333. The van der Waals surface area contributed by atoms with E-state index in [9.17, 15) is 18.0 Å². The van der Waals surface area contributed by atoms with Crippen LogP contribution in [0.2, 0.25) is 0 Å². The molecule has 2 aromatic rings. The number of amides is 1. The van der Waals surface area contributed by atoms with Crippen molar-refractivity contribution in [2.24, 2.45) is 5.73 Å². The van der Waals surface area contributed by atoms with Gasteiger partial charge in [-0.3, -0.25) is 4.79 Å². The summed E-state index contributed by atoms with van der Waals surface area (Å²) in [6, 6.07) is 5.22. The Balaban J connectivity index is 2.15. The van der Waals surface area contributed by atoms with E-state index in [2.05, 4.69) is 4.98 Å². The number of thiazole rings is 1. The normalized spacial score (nSPS) is 11.5. The summed E-state index contributed by atoms with van der Waals surface area (Å²) in [5.41, 5.74) is 4.97. The predicted octanol–water partition coefficient (Wildman–Crippen LogP) is 2.94. The number of nitrogens with two attached hydrogens (primary N) is 1. The molecule has 8 heteroatoms. The maximum atomic E-state index is 13.0. The molecule has 23 heavy (non-hydrogen) atoms. The van der Waals surface area contributed by atoms with Crippen molar-refractivity contribution < 1.29 is 18.0 Å². The highest BCUT2D eigenvalue weighted by molar-refractivity contribution is 7.09. The molecule has 0 spiro atoms. The Morgan fingerprint density at radius 3 is 2.70 bits per heavy atom. The molecule has 0 bridgehead atoms. The third-order valence-electron chi connectivity index (χ3n) is 3.21. The summed E-state index contributed by atoms with van der Waals surface area (Å²) in [6.45, 7) is 0.286. The van der Waals surface area contributed by atoms with Crippen LogP contribution in [0.1, 0.15) is 26.6 Å². The number of alkyl halides is 3. The Morgan fingerprint density at radius 1 is 1.35 bits per heavy atom. The molecule has 0 aliphatic rings. The number of carbonyl (C=O) groups excluding carboxylic acids is 1. The molecule has 0 atom stereocenters. The van der Waals surface area contributed by atoms with Gasteiger partial charge in [-0.1, -0.05) is 18.2 Å². The molecule has 0 saturated carbocycles. The highest BCUT2D eigenvalue weighted by Crippen LogP contribution is 2.32. The molecular weight excluding hydrogens is 327 g/mol. The van der Waals surface area contributed by atoms with Gasteiger partial charge in [-0.15, -0.1) is 11.3 Å². The van der Waals surface area contributed by atoms with E-state index < -0.39 is 17.6 Å². The van der Waals surface area contributed by atoms with Gasteiger partial charge in [0.25, 0.3) is 5.91 Å². The molecule has 1 heterocycles. The van der Waals surface area contributed by atoms with Crippen LogP contribution in [0.4, 0.5) is 13.2 Å². The molecule has 4 nitrogen and oxygen atoms in total. The summed E-state index contributed by atoms with van der Waals surface area (Å²) < 4.78 is 39.0. The van der Waals surface area contributed by atoms with E-state index in [1.54, 1.807) is 5.38 Å². The minimum atomic E-state index is -4.45. The molecule has 0 fully saturated rings. The van der Waals surface area contributed by atoms with Crippen molar-refractivity contribution in [3.05, 3.63) is 51.5 Å². The van der Waals surface area contributed by atoms with Crippen molar-refractivity contribution >= 4 is 17.2 Å². The first-order chi connectivity index (χ1) is 10.8. The monoisotopic (exact) mass is 343 g/mol. The Labute approximate surface area is 135 Å². The van der Waals surface area contributed by atoms with E-state index in [0.717, 1.165) is 11.1 Å². The van der Waals surface area contributed by atoms with Crippen LogP contribution in [-0.4, -0.2) is 29.4 Å². The van der Waals surface area contributed by atoms with E-state index in [1.165, 1.54) is 41.5 Å². The second kappa shape index (κ2) is 7.10. The molecule has 0 saturated heterocycles. The van der Waals surface area contributed by atoms with Gasteiger partial charge in [-0.2, -0.15) is 13.2 Å². The van der Waals surface area contributed by atoms with E-state index in [-0.39, 0.29) is 17.8 Å². The molecule has 2 N–H and O–H groups in total. The van der Waals surface area contributed by atoms with Gasteiger partial charge in [-0.05, 0) is 18.2 Å². The van der Waals surface area contributed by atoms with Crippen molar-refractivity contribution in [2.75, 3.05) is 13.6 Å². The van der Waals surface area contributed by atoms with E-state index in [4.69, 9.17) is 5.73 Å². The number of hydrogen-bond donors (Lipinski definition) is 1. The van der Waals surface area contributed by atoms with Crippen LogP contribution in [0.5, 0.6) is 0 Å². The quantitative estimate of drug-likeness (QED) is 0.908. The maximum Gasteiger partial charge on any atom is 0.416 e. The summed E-state index contributed by atoms with van der Waals surface area (Å²) in [5.74, 6) is -0.415. The van der Waals surface area contributed by atoms with Crippen molar-refractivity contribution in [2.45, 2.75) is 19.1 Å². The largest absolute Gasteiger partial charge is 0.416 e. The standard InChI is InChI=1S/C15H16F3N3OS/c1-21(14(22)12-9-23-13(20-12)6-7-19)8-10-4-2-3-5-11(10)15(16,17)18/h2-5,9H,6-8,19H2,1H3. The highest BCUT2D eigenvalue weighted by Gasteiger charge is 2.33. The van der Waals surface area contributed by atoms with Crippen molar-refractivity contribution in [1.29, 1.82) is 0 Å². The molecule has 0 unspecified atom stereocenters. The molecule has 1 aromatic carbocycles. The van der Waals surface area contributed by atoms with Gasteiger partial charge in [0.15, 0.2) is 0 Å². The van der Waals surface area contributed by atoms with Crippen LogP contribution in [-0.2, 0) is 19.1 Å². The fourth-order valence-corrected chi connectivity index (χ4v) is 2.89. The average molecular weight is 343 g/mol. The van der Waals surface area contributed by atoms with Crippen LogP contribution in [0.3, 0.4) is 0 Å². The first kappa shape index (κ1) is 17.4. The summed E-state index contributed by atoms with van der Waals surface area (Å²) in [4.78, 5) is 17.7. The van der Waals surface area contributed by atoms with Gasteiger partial charge < -0.3 is 10.6 Å². The Bertz CT molecular complexity index is 685. The molecule has 1 amide bonds. The van der Waals surface area contributed by atoms with Crippen LogP contribution in [0.15, 0.2) is 29.6 Å². The maximum absolute atomic E-state index is 13.0. The SMILES string of the molecule is CN(Cc1ccccc1C(F)(F)F)C(=O)c1csc(CCN)n1. The Hall–Kier alpha value is -1.93. The molecule has 1 aromatic heterocycles. The van der Waals surface area contributed by atoms with Gasteiger partial charge >= 0.3 is 6.18 Å². The van der Waals surface area contributed by atoms with E-state index in [0.29, 0.717) is 13.0 Å². The fourth-order valence-electron chi connectivity index (χ4n) is 2.11. The highest BCUT2D eigenvalue weighted by atomic mass is 32.1. The summed E-state index contributed by atoms with van der Waals surface area (Å²) in [5, 5.41) is 2.33. The van der Waals surface area contributed by atoms with Crippen LogP contribution in [0, 0.1) is 0 Å². The zero-order valence-corrected chi connectivity index (χ0v) is 13.2. The second-order valence-corrected chi connectivity index (χ2v) is 5.92. The molecular formula is C15H16F3N3OS. The third kappa shape index (κ3) is 4.29. The number of hydrogen-bond acceptors (Lipinski definition) is 4. The lowest BCUT2D eigenvalue weighted by Gasteiger charge is -2.19. The minimum Gasteiger partial charge on any atom is -0.336 e. The molecule has 124 valence electrons. The Kier molecular flexibility index (Phi) is 5.38. The zero-order chi connectivity index (χ0) is 17.0. The first-order valence-electron chi connectivity index (χ1n) is 6.88. The topological polar surface area (TPSA) is 59.2 Å². The van der Waals surface area contributed by atoms with Crippen molar-refractivity contribution in [1.82, 2.24) is 9.88 Å².